The molecular weight excluding hydrogens is 306 g/mol. The summed E-state index contributed by atoms with van der Waals surface area (Å²) >= 11 is 0. The summed E-state index contributed by atoms with van der Waals surface area (Å²) in [6.45, 7) is 7.54. The monoisotopic (exact) mass is 331 g/mol. The maximum Gasteiger partial charge on any atom is 0.347 e. The molecule has 0 aromatic heterocycles. The lowest BCUT2D eigenvalue weighted by atomic mass is 10.1. The van der Waals surface area contributed by atoms with Gasteiger partial charge in [0.2, 0.25) is 0 Å². The molecule has 0 atom stereocenters. The molecule has 5 heteroatoms. The molecule has 0 heterocycles. The van der Waals surface area contributed by atoms with E-state index in [1.807, 2.05) is 44.2 Å². The van der Waals surface area contributed by atoms with Gasteiger partial charge < -0.3 is 14.4 Å². The summed E-state index contributed by atoms with van der Waals surface area (Å²) in [7, 11) is 1.79. The summed E-state index contributed by atoms with van der Waals surface area (Å²) in [6, 6.07) is 9.47. The van der Waals surface area contributed by atoms with Crippen LogP contribution in [0.2, 0.25) is 0 Å². The van der Waals surface area contributed by atoms with E-state index in [0.717, 1.165) is 11.3 Å². The van der Waals surface area contributed by atoms with Crippen molar-refractivity contribution in [3.8, 4) is 0 Å². The van der Waals surface area contributed by atoms with Crippen molar-refractivity contribution in [2.75, 3.05) is 25.2 Å². The number of rotatable bonds is 7. The minimum atomic E-state index is -0.689. The van der Waals surface area contributed by atoms with Crippen molar-refractivity contribution < 1.29 is 19.1 Å². The van der Waals surface area contributed by atoms with Gasteiger partial charge in [0, 0.05) is 12.7 Å². The maximum atomic E-state index is 12.4. The van der Waals surface area contributed by atoms with E-state index in [1.165, 1.54) is 0 Å². The number of esters is 2. The normalized spacial score (nSPS) is 9.71. The molecule has 0 amide bonds. The summed E-state index contributed by atoms with van der Waals surface area (Å²) in [5, 5.41) is 0. The highest BCUT2D eigenvalue weighted by Gasteiger charge is 2.27. The minimum Gasteiger partial charge on any atom is -0.462 e. The summed E-state index contributed by atoms with van der Waals surface area (Å²) in [4.78, 5) is 26.5. The number of allylic oxidation sites excluding steroid dienone is 2. The smallest absolute Gasteiger partial charge is 0.347 e. The largest absolute Gasteiger partial charge is 0.462 e. The first-order valence-electron chi connectivity index (χ1n) is 7.94. The van der Waals surface area contributed by atoms with Gasteiger partial charge in [0.05, 0.1) is 18.9 Å². The van der Waals surface area contributed by atoms with Gasteiger partial charge >= 0.3 is 11.9 Å². The molecule has 0 bridgehead atoms. The molecule has 24 heavy (non-hydrogen) atoms. The lowest BCUT2D eigenvalue weighted by molar-refractivity contribution is -0.146. The zero-order valence-corrected chi connectivity index (χ0v) is 15.0. The third-order valence-electron chi connectivity index (χ3n) is 3.15. The lowest BCUT2D eigenvalue weighted by Crippen LogP contribution is -2.27. The van der Waals surface area contributed by atoms with E-state index in [4.69, 9.17) is 9.47 Å². The van der Waals surface area contributed by atoms with Crippen molar-refractivity contribution in [2.24, 2.45) is 0 Å². The number of carbonyl (C=O) groups excluding carboxylic acids is 2. The topological polar surface area (TPSA) is 55.8 Å². The number of ether oxygens (including phenoxy) is 2. The number of anilines is 1. The van der Waals surface area contributed by atoms with Crippen molar-refractivity contribution in [1.82, 2.24) is 0 Å². The Morgan fingerprint density at radius 1 is 1.00 bits per heavy atom. The Hall–Kier alpha value is -2.56. The predicted molar refractivity (Wildman–Crippen MR) is 94.6 cm³/mol. The van der Waals surface area contributed by atoms with Crippen LogP contribution in [0.15, 0.2) is 53.3 Å². The molecule has 130 valence electrons. The average molecular weight is 331 g/mol. The molecule has 0 aliphatic rings. The molecule has 0 N–H and O–H groups in total. The Bertz CT molecular complexity index is 608. The third kappa shape index (κ3) is 5.26. The van der Waals surface area contributed by atoms with Gasteiger partial charge in [-0.15, -0.1) is 0 Å². The van der Waals surface area contributed by atoms with Crippen LogP contribution in [0.4, 0.5) is 5.69 Å². The van der Waals surface area contributed by atoms with Crippen molar-refractivity contribution >= 4 is 17.6 Å². The number of carbonyl (C=O) groups is 2. The van der Waals surface area contributed by atoms with Crippen LogP contribution in [0.1, 0.15) is 27.7 Å². The molecule has 1 aromatic carbocycles. The molecule has 0 radical (unpaired) electrons. The Balaban J connectivity index is 3.52. The standard InChI is InChI=1S/C19H25NO4/c1-6-23-18(21)17(19(22)24-7-2)16(13-14(3)4)20(5)15-11-9-8-10-12-15/h8-13H,6-7H2,1-5H3. The van der Waals surface area contributed by atoms with E-state index >= 15 is 0 Å². The van der Waals surface area contributed by atoms with Crippen molar-refractivity contribution in [2.45, 2.75) is 27.7 Å². The SMILES string of the molecule is CCOC(=O)C(C(=O)OCC)=C(C=C(C)C)N(C)c1ccccc1. The van der Waals surface area contributed by atoms with E-state index in [2.05, 4.69) is 0 Å². The summed E-state index contributed by atoms with van der Waals surface area (Å²) in [5.41, 5.74) is 2.12. The van der Waals surface area contributed by atoms with Crippen molar-refractivity contribution in [1.29, 1.82) is 0 Å². The zero-order valence-electron chi connectivity index (χ0n) is 15.0. The molecule has 1 aromatic rings. The van der Waals surface area contributed by atoms with Crippen LogP contribution in [0.25, 0.3) is 0 Å². The molecule has 5 nitrogen and oxygen atoms in total. The number of nitrogens with zero attached hydrogens (tertiary/aromatic N) is 1. The van der Waals surface area contributed by atoms with Gasteiger partial charge in [-0.05, 0) is 45.9 Å². The first-order chi connectivity index (χ1) is 11.4. The summed E-state index contributed by atoms with van der Waals surface area (Å²) in [6.07, 6.45) is 1.77. The Kier molecular flexibility index (Phi) is 7.75. The Labute approximate surface area is 143 Å². The second-order valence-electron chi connectivity index (χ2n) is 5.32. The molecule has 0 saturated carbocycles. The van der Waals surface area contributed by atoms with Crippen LogP contribution >= 0.6 is 0 Å². The lowest BCUT2D eigenvalue weighted by Gasteiger charge is -2.23. The molecule has 0 aliphatic heterocycles. The van der Waals surface area contributed by atoms with Gasteiger partial charge in [-0.3, -0.25) is 0 Å². The Morgan fingerprint density at radius 3 is 1.92 bits per heavy atom. The van der Waals surface area contributed by atoms with Crippen molar-refractivity contribution in [3.05, 3.63) is 53.3 Å². The van der Waals surface area contributed by atoms with Crippen LogP contribution in [-0.2, 0) is 19.1 Å². The first-order valence-corrected chi connectivity index (χ1v) is 7.94. The quantitative estimate of drug-likeness (QED) is 0.252. The fourth-order valence-corrected chi connectivity index (χ4v) is 2.10. The molecule has 0 saturated heterocycles. The summed E-state index contributed by atoms with van der Waals surface area (Å²) < 4.78 is 10.1. The number of likely N-dealkylation sites (N-methyl/N-ethyl adjacent to an activating group) is 1. The Morgan fingerprint density at radius 2 is 1.50 bits per heavy atom. The number of para-hydroxylation sites is 1. The number of hydrogen-bond acceptors (Lipinski definition) is 5. The fraction of sp³-hybridized carbons (Fsp3) is 0.368. The molecule has 0 unspecified atom stereocenters. The van der Waals surface area contributed by atoms with Crippen LogP contribution < -0.4 is 4.90 Å². The fourth-order valence-electron chi connectivity index (χ4n) is 2.10. The van der Waals surface area contributed by atoms with E-state index in [-0.39, 0.29) is 18.8 Å². The molecule has 0 aliphatic carbocycles. The first kappa shape index (κ1) is 19.5. The van der Waals surface area contributed by atoms with Crippen molar-refractivity contribution in [3.63, 3.8) is 0 Å². The van der Waals surface area contributed by atoms with E-state index in [1.54, 1.807) is 31.9 Å². The number of hydrogen-bond donors (Lipinski definition) is 0. The van der Waals surface area contributed by atoms with Gasteiger partial charge in [0.25, 0.3) is 0 Å². The molecule has 0 fully saturated rings. The third-order valence-corrected chi connectivity index (χ3v) is 3.15. The van der Waals surface area contributed by atoms with E-state index in [9.17, 15) is 9.59 Å². The second-order valence-corrected chi connectivity index (χ2v) is 5.32. The van der Waals surface area contributed by atoms with Gasteiger partial charge in [0.15, 0.2) is 5.57 Å². The number of benzene rings is 1. The van der Waals surface area contributed by atoms with Crippen LogP contribution in [0.3, 0.4) is 0 Å². The van der Waals surface area contributed by atoms with Gasteiger partial charge in [-0.2, -0.15) is 0 Å². The zero-order chi connectivity index (χ0) is 18.1. The van der Waals surface area contributed by atoms with Gasteiger partial charge in [-0.1, -0.05) is 23.8 Å². The van der Waals surface area contributed by atoms with Crippen LogP contribution in [0.5, 0.6) is 0 Å². The highest BCUT2D eigenvalue weighted by atomic mass is 16.6. The highest BCUT2D eigenvalue weighted by molar-refractivity contribution is 6.15. The van der Waals surface area contributed by atoms with Crippen LogP contribution in [0, 0.1) is 0 Å². The maximum absolute atomic E-state index is 12.4. The summed E-state index contributed by atoms with van der Waals surface area (Å²) in [5.74, 6) is -1.38. The molecular formula is C19H25NO4. The van der Waals surface area contributed by atoms with E-state index < -0.39 is 11.9 Å². The van der Waals surface area contributed by atoms with Crippen LogP contribution in [-0.4, -0.2) is 32.2 Å². The average Bonchev–Trinajstić information content (AvgIpc) is 2.54. The minimum absolute atomic E-state index is 0.105. The van der Waals surface area contributed by atoms with E-state index in [0.29, 0.717) is 5.70 Å². The van der Waals surface area contributed by atoms with Gasteiger partial charge in [0.1, 0.15) is 0 Å². The second kappa shape index (κ2) is 9.55. The molecule has 0 spiro atoms. The molecule has 1 rings (SSSR count). The highest BCUT2D eigenvalue weighted by Crippen LogP contribution is 2.23. The van der Waals surface area contributed by atoms with Gasteiger partial charge in [-0.25, -0.2) is 9.59 Å². The predicted octanol–water partition coefficient (Wildman–Crippen LogP) is 3.47.